The standard InChI is InChI=1S/C21H21N3O5/c1-13-5-7-14(8-6-13)24-19(25)12-18(29-4)20(23-24)21(26)22-16-11-15(27-2)9-10-17(16)28-3/h5-12H,1-4H3,(H,22,26). The maximum absolute atomic E-state index is 12.9. The number of carbonyl (C=O) groups is 1. The molecule has 3 rings (SSSR count). The van der Waals surface area contributed by atoms with Crippen molar-refractivity contribution >= 4 is 11.6 Å². The van der Waals surface area contributed by atoms with Crippen molar-refractivity contribution in [2.45, 2.75) is 6.92 Å². The van der Waals surface area contributed by atoms with Crippen molar-refractivity contribution in [1.82, 2.24) is 9.78 Å². The number of amides is 1. The predicted octanol–water partition coefficient (Wildman–Crippen LogP) is 2.82. The van der Waals surface area contributed by atoms with Gasteiger partial charge in [0.2, 0.25) is 0 Å². The minimum absolute atomic E-state index is 0.0439. The first-order chi connectivity index (χ1) is 14.0. The van der Waals surface area contributed by atoms with E-state index in [4.69, 9.17) is 14.2 Å². The molecule has 0 bridgehead atoms. The lowest BCUT2D eigenvalue weighted by atomic mass is 10.2. The van der Waals surface area contributed by atoms with Crippen LogP contribution >= 0.6 is 0 Å². The van der Waals surface area contributed by atoms with E-state index in [1.165, 1.54) is 27.4 Å². The summed E-state index contributed by atoms with van der Waals surface area (Å²) in [4.78, 5) is 25.4. The van der Waals surface area contributed by atoms with Gasteiger partial charge in [-0.3, -0.25) is 9.59 Å². The molecule has 0 aliphatic carbocycles. The summed E-state index contributed by atoms with van der Waals surface area (Å²) in [5.74, 6) is 0.502. The van der Waals surface area contributed by atoms with Gasteiger partial charge < -0.3 is 19.5 Å². The van der Waals surface area contributed by atoms with E-state index in [0.29, 0.717) is 22.9 Å². The van der Waals surface area contributed by atoms with Crippen molar-refractivity contribution in [1.29, 1.82) is 0 Å². The second-order valence-electron chi connectivity index (χ2n) is 6.17. The summed E-state index contributed by atoms with van der Waals surface area (Å²) in [6.07, 6.45) is 0. The molecule has 1 aromatic heterocycles. The quantitative estimate of drug-likeness (QED) is 0.690. The summed E-state index contributed by atoms with van der Waals surface area (Å²) in [6, 6.07) is 13.5. The summed E-state index contributed by atoms with van der Waals surface area (Å²) < 4.78 is 16.8. The van der Waals surface area contributed by atoms with Gasteiger partial charge in [-0.05, 0) is 31.2 Å². The van der Waals surface area contributed by atoms with Crippen molar-refractivity contribution in [3.05, 3.63) is 70.1 Å². The van der Waals surface area contributed by atoms with Gasteiger partial charge in [-0.2, -0.15) is 9.78 Å². The number of benzene rings is 2. The number of methoxy groups -OCH3 is 3. The fourth-order valence-electron chi connectivity index (χ4n) is 2.72. The zero-order valence-electron chi connectivity index (χ0n) is 16.6. The van der Waals surface area contributed by atoms with E-state index < -0.39 is 11.5 Å². The number of ether oxygens (including phenoxy) is 3. The van der Waals surface area contributed by atoms with Crippen LogP contribution in [0, 0.1) is 6.92 Å². The molecule has 2 aromatic carbocycles. The Bertz CT molecular complexity index is 1090. The summed E-state index contributed by atoms with van der Waals surface area (Å²) in [7, 11) is 4.39. The molecule has 1 amide bonds. The molecule has 0 atom stereocenters. The second-order valence-corrected chi connectivity index (χ2v) is 6.17. The van der Waals surface area contributed by atoms with Gasteiger partial charge in [0.1, 0.15) is 11.5 Å². The number of hydrogen-bond donors (Lipinski definition) is 1. The van der Waals surface area contributed by atoms with E-state index in [1.807, 2.05) is 19.1 Å². The summed E-state index contributed by atoms with van der Waals surface area (Å²) in [6.45, 7) is 1.94. The third-order valence-electron chi connectivity index (χ3n) is 4.27. The Hall–Kier alpha value is -3.81. The first kappa shape index (κ1) is 19.9. The molecule has 1 heterocycles. The van der Waals surface area contributed by atoms with Gasteiger partial charge in [-0.25, -0.2) is 0 Å². The molecular weight excluding hydrogens is 374 g/mol. The van der Waals surface area contributed by atoms with Crippen LogP contribution in [0.3, 0.4) is 0 Å². The SMILES string of the molecule is COc1ccc(OC)c(NC(=O)c2nn(-c3ccc(C)cc3)c(=O)cc2OC)c1. The number of anilines is 1. The van der Waals surface area contributed by atoms with Crippen molar-refractivity contribution in [2.75, 3.05) is 26.6 Å². The predicted molar refractivity (Wildman–Crippen MR) is 109 cm³/mol. The molecule has 150 valence electrons. The molecule has 1 N–H and O–H groups in total. The fourth-order valence-corrected chi connectivity index (χ4v) is 2.72. The fraction of sp³-hybridized carbons (Fsp3) is 0.190. The highest BCUT2D eigenvalue weighted by molar-refractivity contribution is 6.05. The van der Waals surface area contributed by atoms with Crippen LogP contribution in [0.2, 0.25) is 0 Å². The van der Waals surface area contributed by atoms with Crippen molar-refractivity contribution in [3.8, 4) is 22.9 Å². The minimum atomic E-state index is -0.561. The third-order valence-corrected chi connectivity index (χ3v) is 4.27. The van der Waals surface area contributed by atoms with E-state index in [0.717, 1.165) is 10.2 Å². The van der Waals surface area contributed by atoms with Crippen molar-refractivity contribution in [2.24, 2.45) is 0 Å². The van der Waals surface area contributed by atoms with Crippen LogP contribution in [0.1, 0.15) is 16.1 Å². The van der Waals surface area contributed by atoms with Gasteiger partial charge in [-0.15, -0.1) is 0 Å². The molecule has 0 saturated heterocycles. The summed E-state index contributed by atoms with van der Waals surface area (Å²) in [5.41, 5.74) is 1.52. The first-order valence-corrected chi connectivity index (χ1v) is 8.75. The number of nitrogens with zero attached hydrogens (tertiary/aromatic N) is 2. The zero-order chi connectivity index (χ0) is 21.0. The molecule has 0 aliphatic heterocycles. The maximum Gasteiger partial charge on any atom is 0.280 e. The van der Waals surface area contributed by atoms with Crippen LogP contribution in [0.25, 0.3) is 5.69 Å². The van der Waals surface area contributed by atoms with E-state index in [2.05, 4.69) is 10.4 Å². The van der Waals surface area contributed by atoms with Crippen LogP contribution in [0.15, 0.2) is 53.3 Å². The average molecular weight is 395 g/mol. The van der Waals surface area contributed by atoms with Crippen LogP contribution in [0.4, 0.5) is 5.69 Å². The molecule has 8 heteroatoms. The number of aromatic nitrogens is 2. The van der Waals surface area contributed by atoms with E-state index in [-0.39, 0.29) is 11.4 Å². The van der Waals surface area contributed by atoms with Gasteiger partial charge in [0.05, 0.1) is 38.8 Å². The second kappa shape index (κ2) is 8.47. The number of nitrogens with one attached hydrogen (secondary N) is 1. The molecule has 0 saturated carbocycles. The lowest BCUT2D eigenvalue weighted by molar-refractivity contribution is 0.101. The van der Waals surface area contributed by atoms with Gasteiger partial charge in [0.15, 0.2) is 11.4 Å². The highest BCUT2D eigenvalue weighted by Gasteiger charge is 2.20. The highest BCUT2D eigenvalue weighted by Crippen LogP contribution is 2.29. The molecule has 0 unspecified atom stereocenters. The van der Waals surface area contributed by atoms with Crippen LogP contribution in [-0.2, 0) is 0 Å². The van der Waals surface area contributed by atoms with E-state index in [1.54, 1.807) is 30.3 Å². The summed E-state index contributed by atoms with van der Waals surface area (Å²) in [5, 5.41) is 6.96. The van der Waals surface area contributed by atoms with Crippen molar-refractivity contribution in [3.63, 3.8) is 0 Å². The van der Waals surface area contributed by atoms with Gasteiger partial charge in [0, 0.05) is 6.07 Å². The topological polar surface area (TPSA) is 91.7 Å². The minimum Gasteiger partial charge on any atom is -0.497 e. The van der Waals surface area contributed by atoms with Gasteiger partial charge >= 0.3 is 0 Å². The Morgan fingerprint density at radius 1 is 0.931 bits per heavy atom. The number of rotatable bonds is 6. The molecule has 0 spiro atoms. The third kappa shape index (κ3) is 4.21. The van der Waals surface area contributed by atoms with E-state index >= 15 is 0 Å². The Labute approximate surface area is 167 Å². The monoisotopic (exact) mass is 395 g/mol. The van der Waals surface area contributed by atoms with Crippen LogP contribution < -0.4 is 25.1 Å². The first-order valence-electron chi connectivity index (χ1n) is 8.75. The maximum atomic E-state index is 12.9. The highest BCUT2D eigenvalue weighted by atomic mass is 16.5. The normalized spacial score (nSPS) is 10.3. The number of carbonyl (C=O) groups excluding carboxylic acids is 1. The Balaban J connectivity index is 2.03. The zero-order valence-corrected chi connectivity index (χ0v) is 16.6. The van der Waals surface area contributed by atoms with Crippen LogP contribution in [-0.4, -0.2) is 37.0 Å². The largest absolute Gasteiger partial charge is 0.497 e. The van der Waals surface area contributed by atoms with Crippen LogP contribution in [0.5, 0.6) is 17.2 Å². The average Bonchev–Trinajstić information content (AvgIpc) is 2.74. The smallest absolute Gasteiger partial charge is 0.280 e. The molecular formula is C21H21N3O5. The number of hydrogen-bond acceptors (Lipinski definition) is 6. The molecule has 0 aliphatic rings. The Morgan fingerprint density at radius 3 is 2.24 bits per heavy atom. The Morgan fingerprint density at radius 2 is 1.62 bits per heavy atom. The molecule has 3 aromatic rings. The summed E-state index contributed by atoms with van der Waals surface area (Å²) >= 11 is 0. The molecule has 29 heavy (non-hydrogen) atoms. The van der Waals surface area contributed by atoms with E-state index in [9.17, 15) is 9.59 Å². The lowest BCUT2D eigenvalue weighted by Crippen LogP contribution is -2.26. The Kier molecular flexibility index (Phi) is 5.82. The molecule has 0 fully saturated rings. The number of aryl methyl sites for hydroxylation is 1. The van der Waals surface area contributed by atoms with Crippen molar-refractivity contribution < 1.29 is 19.0 Å². The molecule has 8 nitrogen and oxygen atoms in total. The van der Waals surface area contributed by atoms with Gasteiger partial charge in [-0.1, -0.05) is 17.7 Å². The lowest BCUT2D eigenvalue weighted by Gasteiger charge is -2.14. The van der Waals surface area contributed by atoms with Gasteiger partial charge in [0.25, 0.3) is 11.5 Å². The molecule has 0 radical (unpaired) electrons.